The first kappa shape index (κ1) is 18.2. The summed E-state index contributed by atoms with van der Waals surface area (Å²) in [6.45, 7) is 1.75. The molecule has 0 aliphatic heterocycles. The largest absolute Gasteiger partial charge is 0.493 e. The Hall–Kier alpha value is -3.59. The first-order valence-electron chi connectivity index (χ1n) is 8.29. The highest BCUT2D eigenvalue weighted by atomic mass is 16.5. The van der Waals surface area contributed by atoms with Crippen molar-refractivity contribution in [1.29, 1.82) is 5.26 Å². The van der Waals surface area contributed by atoms with Gasteiger partial charge in [-0.15, -0.1) is 0 Å². The van der Waals surface area contributed by atoms with Crippen molar-refractivity contribution >= 4 is 22.5 Å². The Balaban J connectivity index is 2.02. The average Bonchev–Trinajstić information content (AvgIpc) is 3.03. The van der Waals surface area contributed by atoms with E-state index in [2.05, 4.69) is 4.98 Å². The summed E-state index contributed by atoms with van der Waals surface area (Å²) in [5, 5.41) is 10.3. The third-order valence-corrected chi connectivity index (χ3v) is 4.46. The minimum atomic E-state index is -1.44. The molecule has 0 radical (unpaired) electrons. The van der Waals surface area contributed by atoms with Gasteiger partial charge in [0, 0.05) is 27.7 Å². The van der Waals surface area contributed by atoms with Crippen molar-refractivity contribution in [2.45, 2.75) is 6.92 Å². The minimum Gasteiger partial charge on any atom is -0.493 e. The lowest BCUT2D eigenvalue weighted by molar-refractivity contribution is 0.0846. The van der Waals surface area contributed by atoms with Crippen LogP contribution in [0.5, 0.6) is 11.5 Å². The maximum Gasteiger partial charge on any atom is 0.190 e. The van der Waals surface area contributed by atoms with Crippen LogP contribution in [-0.2, 0) is 0 Å². The molecule has 3 aromatic rings. The molecule has 0 aliphatic carbocycles. The highest BCUT2D eigenvalue weighted by Gasteiger charge is 2.31. The van der Waals surface area contributed by atoms with Gasteiger partial charge in [0.15, 0.2) is 29.0 Å². The number of benzene rings is 2. The van der Waals surface area contributed by atoms with Gasteiger partial charge in [0.25, 0.3) is 0 Å². The Morgan fingerprint density at radius 1 is 1.04 bits per heavy atom. The number of ketones is 2. The predicted molar refractivity (Wildman–Crippen MR) is 100 cm³/mol. The summed E-state index contributed by atoms with van der Waals surface area (Å²) in [5.41, 5.74) is 1.99. The number of Topliss-reactive ketones (excluding diaryl/α,β-unsaturated/α-hetero) is 2. The third-order valence-electron chi connectivity index (χ3n) is 4.46. The number of H-pyrrole nitrogens is 1. The van der Waals surface area contributed by atoms with Crippen LogP contribution >= 0.6 is 0 Å². The first-order chi connectivity index (χ1) is 13.0. The van der Waals surface area contributed by atoms with Gasteiger partial charge in [-0.2, -0.15) is 5.26 Å². The lowest BCUT2D eigenvalue weighted by Crippen LogP contribution is -2.23. The Kier molecular flexibility index (Phi) is 4.95. The van der Waals surface area contributed by atoms with Gasteiger partial charge in [0.2, 0.25) is 0 Å². The molecule has 0 fully saturated rings. The molecule has 0 spiro atoms. The summed E-state index contributed by atoms with van der Waals surface area (Å²) < 4.78 is 10.4. The van der Waals surface area contributed by atoms with Crippen molar-refractivity contribution in [3.05, 3.63) is 59.3 Å². The lowest BCUT2D eigenvalue weighted by Gasteiger charge is -2.11. The number of rotatable bonds is 6. The van der Waals surface area contributed by atoms with Crippen LogP contribution in [0.4, 0.5) is 0 Å². The monoisotopic (exact) mass is 362 g/mol. The number of nitrogens with one attached hydrogen (secondary N) is 1. The normalized spacial score (nSPS) is 11.6. The van der Waals surface area contributed by atoms with E-state index in [1.165, 1.54) is 26.4 Å². The van der Waals surface area contributed by atoms with Gasteiger partial charge in [0.05, 0.1) is 20.3 Å². The van der Waals surface area contributed by atoms with E-state index in [-0.39, 0.29) is 5.56 Å². The predicted octanol–water partition coefficient (Wildman–Crippen LogP) is 3.70. The molecular formula is C21H18N2O4. The molecule has 2 aromatic carbocycles. The summed E-state index contributed by atoms with van der Waals surface area (Å²) in [7, 11) is 2.94. The van der Waals surface area contributed by atoms with Crippen LogP contribution < -0.4 is 9.47 Å². The summed E-state index contributed by atoms with van der Waals surface area (Å²) in [6, 6.07) is 13.7. The van der Waals surface area contributed by atoms with Crippen LogP contribution in [0.2, 0.25) is 0 Å². The lowest BCUT2D eigenvalue weighted by atomic mass is 9.90. The Bertz CT molecular complexity index is 1080. The molecule has 27 heavy (non-hydrogen) atoms. The molecule has 6 heteroatoms. The second-order valence-electron chi connectivity index (χ2n) is 6.03. The maximum atomic E-state index is 13.0. The van der Waals surface area contributed by atoms with Gasteiger partial charge in [-0.05, 0) is 31.2 Å². The van der Waals surface area contributed by atoms with Crippen molar-refractivity contribution < 1.29 is 19.1 Å². The number of ether oxygens (including phenoxy) is 2. The number of carbonyl (C=O) groups is 2. The molecule has 0 bridgehead atoms. The molecule has 1 aromatic heterocycles. The number of nitriles is 1. The van der Waals surface area contributed by atoms with Crippen LogP contribution in [0, 0.1) is 24.2 Å². The standard InChI is InChI=1S/C21H18N2O4/c1-12-19(14-6-4-5-7-16(14)23-12)21(25)15(11-22)20(24)13-8-9-17(26-2)18(10-13)27-3/h4-10,15,23H,1-3H3/t15-/m1/s1. The van der Waals surface area contributed by atoms with Gasteiger partial charge < -0.3 is 14.5 Å². The van der Waals surface area contributed by atoms with E-state index in [1.54, 1.807) is 19.1 Å². The number of nitrogens with zero attached hydrogens (tertiary/aromatic N) is 1. The summed E-state index contributed by atoms with van der Waals surface area (Å²) >= 11 is 0. The van der Waals surface area contributed by atoms with Gasteiger partial charge in [-0.3, -0.25) is 9.59 Å². The van der Waals surface area contributed by atoms with Crippen LogP contribution in [0.3, 0.4) is 0 Å². The fourth-order valence-corrected chi connectivity index (χ4v) is 3.13. The zero-order valence-electron chi connectivity index (χ0n) is 15.2. The van der Waals surface area contributed by atoms with Crippen molar-refractivity contribution in [3.8, 4) is 17.6 Å². The van der Waals surface area contributed by atoms with Crippen molar-refractivity contribution in [1.82, 2.24) is 4.98 Å². The molecular weight excluding hydrogens is 344 g/mol. The quantitative estimate of drug-likeness (QED) is 0.533. The van der Waals surface area contributed by atoms with Crippen molar-refractivity contribution in [2.75, 3.05) is 14.2 Å². The van der Waals surface area contributed by atoms with E-state index in [0.29, 0.717) is 28.1 Å². The SMILES string of the molecule is COc1ccc(C(=O)[C@@H](C#N)C(=O)c2c(C)[nH]c3ccccc23)cc1OC. The van der Waals surface area contributed by atoms with Crippen molar-refractivity contribution in [3.63, 3.8) is 0 Å². The Morgan fingerprint density at radius 2 is 1.74 bits per heavy atom. The minimum absolute atomic E-state index is 0.213. The molecule has 6 nitrogen and oxygen atoms in total. The van der Waals surface area contributed by atoms with E-state index in [9.17, 15) is 14.9 Å². The van der Waals surface area contributed by atoms with E-state index < -0.39 is 17.5 Å². The zero-order chi connectivity index (χ0) is 19.6. The summed E-state index contributed by atoms with van der Waals surface area (Å²) in [5.74, 6) is -1.72. The number of aromatic nitrogens is 1. The van der Waals surface area contributed by atoms with E-state index in [4.69, 9.17) is 9.47 Å². The number of fused-ring (bicyclic) bond motifs is 1. The Morgan fingerprint density at radius 3 is 2.41 bits per heavy atom. The molecule has 0 saturated heterocycles. The molecule has 0 aliphatic rings. The maximum absolute atomic E-state index is 13.0. The number of carbonyl (C=O) groups excluding carboxylic acids is 2. The molecule has 0 unspecified atom stereocenters. The second kappa shape index (κ2) is 7.34. The average molecular weight is 362 g/mol. The van der Waals surface area contributed by atoms with Gasteiger partial charge in [-0.1, -0.05) is 18.2 Å². The smallest absolute Gasteiger partial charge is 0.190 e. The van der Waals surface area contributed by atoms with Gasteiger partial charge in [0.1, 0.15) is 0 Å². The molecule has 136 valence electrons. The van der Waals surface area contributed by atoms with E-state index in [0.717, 1.165) is 5.52 Å². The number of methoxy groups -OCH3 is 2. The summed E-state index contributed by atoms with van der Waals surface area (Å²) in [6.07, 6.45) is 0. The summed E-state index contributed by atoms with van der Waals surface area (Å²) in [4.78, 5) is 29.0. The van der Waals surface area contributed by atoms with Crippen LogP contribution in [0.25, 0.3) is 10.9 Å². The fourth-order valence-electron chi connectivity index (χ4n) is 3.13. The molecule has 3 rings (SSSR count). The topological polar surface area (TPSA) is 92.2 Å². The number of aromatic amines is 1. The molecule has 0 amide bonds. The highest BCUT2D eigenvalue weighted by molar-refractivity contribution is 6.22. The van der Waals surface area contributed by atoms with Gasteiger partial charge in [-0.25, -0.2) is 0 Å². The third kappa shape index (κ3) is 3.15. The van der Waals surface area contributed by atoms with E-state index in [1.807, 2.05) is 24.3 Å². The van der Waals surface area contributed by atoms with Gasteiger partial charge >= 0.3 is 0 Å². The van der Waals surface area contributed by atoms with Crippen LogP contribution in [0.1, 0.15) is 26.4 Å². The second-order valence-corrected chi connectivity index (χ2v) is 6.03. The van der Waals surface area contributed by atoms with Crippen LogP contribution in [0.15, 0.2) is 42.5 Å². The molecule has 1 atom stereocenters. The number of hydrogen-bond acceptors (Lipinski definition) is 5. The number of aryl methyl sites for hydroxylation is 1. The van der Waals surface area contributed by atoms with E-state index >= 15 is 0 Å². The zero-order valence-corrected chi connectivity index (χ0v) is 15.2. The number of para-hydroxylation sites is 1. The highest BCUT2D eigenvalue weighted by Crippen LogP contribution is 2.30. The first-order valence-corrected chi connectivity index (χ1v) is 8.29. The Labute approximate surface area is 156 Å². The molecule has 0 saturated carbocycles. The molecule has 1 N–H and O–H groups in total. The van der Waals surface area contributed by atoms with Crippen molar-refractivity contribution in [2.24, 2.45) is 5.92 Å². The fraction of sp³-hybridized carbons (Fsp3) is 0.190. The number of hydrogen-bond donors (Lipinski definition) is 1. The molecule has 1 heterocycles. The van der Waals surface area contributed by atoms with Crippen LogP contribution in [-0.4, -0.2) is 30.8 Å².